The van der Waals surface area contributed by atoms with Gasteiger partial charge in [-0.1, -0.05) is 62.4 Å². The first-order chi connectivity index (χ1) is 9.11. The van der Waals surface area contributed by atoms with Crippen molar-refractivity contribution in [2.24, 2.45) is 5.92 Å². The number of rotatable bonds is 3. The molecule has 0 saturated heterocycles. The third kappa shape index (κ3) is 2.79. The second-order valence-corrected chi connectivity index (χ2v) is 4.80. The molecule has 0 radical (unpaired) electrons. The molecule has 2 aromatic rings. The lowest BCUT2D eigenvalue weighted by Gasteiger charge is -2.16. The Kier molecular flexibility index (Phi) is 3.91. The van der Waals surface area contributed by atoms with Gasteiger partial charge in [-0.05, 0) is 12.0 Å². The highest BCUT2D eigenvalue weighted by Gasteiger charge is 2.16. The van der Waals surface area contributed by atoms with Crippen LogP contribution in [0.1, 0.15) is 25.0 Å². The summed E-state index contributed by atoms with van der Waals surface area (Å²) in [7, 11) is 0. The second-order valence-electron chi connectivity index (χ2n) is 4.80. The fourth-order valence-electron chi connectivity index (χ4n) is 2.16. The van der Waals surface area contributed by atoms with E-state index in [1.54, 1.807) is 12.1 Å². The maximum Gasteiger partial charge on any atom is 0.126 e. The number of hydrogen-bond acceptors (Lipinski definition) is 2. The zero-order chi connectivity index (χ0) is 13.8. The minimum Gasteiger partial charge on any atom is -0.507 e. The number of aliphatic hydroxyl groups excluding tert-OH is 1. The zero-order valence-corrected chi connectivity index (χ0v) is 11.2. The van der Waals surface area contributed by atoms with Crippen LogP contribution in [0.5, 0.6) is 5.75 Å². The second kappa shape index (κ2) is 5.61. The van der Waals surface area contributed by atoms with E-state index in [2.05, 4.69) is 0 Å². The van der Waals surface area contributed by atoms with E-state index in [1.165, 1.54) is 0 Å². The van der Waals surface area contributed by atoms with E-state index in [9.17, 15) is 10.2 Å². The van der Waals surface area contributed by atoms with Crippen LogP contribution in [-0.4, -0.2) is 10.2 Å². The lowest BCUT2D eigenvalue weighted by Crippen LogP contribution is -1.99. The minimum absolute atomic E-state index is 0.105. The van der Waals surface area contributed by atoms with Crippen LogP contribution in [-0.2, 0) is 0 Å². The van der Waals surface area contributed by atoms with Gasteiger partial charge in [0.05, 0.1) is 0 Å². The van der Waals surface area contributed by atoms with E-state index in [4.69, 9.17) is 0 Å². The lowest BCUT2D eigenvalue weighted by atomic mass is 9.91. The van der Waals surface area contributed by atoms with E-state index in [0.717, 1.165) is 11.1 Å². The van der Waals surface area contributed by atoms with Crippen LogP contribution in [0, 0.1) is 5.92 Å². The molecule has 0 amide bonds. The number of hydrogen-bond donors (Lipinski definition) is 2. The van der Waals surface area contributed by atoms with Crippen molar-refractivity contribution in [3.05, 3.63) is 65.7 Å². The average molecular weight is 254 g/mol. The molecule has 0 aromatic heterocycles. The summed E-state index contributed by atoms with van der Waals surface area (Å²) in [5, 5.41) is 20.5. The van der Waals surface area contributed by atoms with Crippen LogP contribution in [0.4, 0.5) is 0 Å². The highest BCUT2D eigenvalue weighted by Crippen LogP contribution is 2.35. The normalized spacial score (nSPS) is 12.4. The number of aliphatic hydroxyl groups is 1. The highest BCUT2D eigenvalue weighted by molar-refractivity contribution is 5.89. The Morgan fingerprint density at radius 3 is 2.05 bits per heavy atom. The largest absolute Gasteiger partial charge is 0.507 e. The zero-order valence-electron chi connectivity index (χ0n) is 11.2. The Hall–Kier alpha value is -2.22. The van der Waals surface area contributed by atoms with Crippen LogP contribution in [0.2, 0.25) is 0 Å². The van der Waals surface area contributed by atoms with Gasteiger partial charge in [0.1, 0.15) is 11.5 Å². The first-order valence-electron chi connectivity index (χ1n) is 6.38. The number of phenolic OH excluding ortho intramolecular Hbond substituents is 1. The van der Waals surface area contributed by atoms with E-state index in [1.807, 2.05) is 56.3 Å². The lowest BCUT2D eigenvalue weighted by molar-refractivity contribution is 0.471. The molecule has 2 N–H and O–H groups in total. The van der Waals surface area contributed by atoms with Crippen LogP contribution >= 0.6 is 0 Å². The number of allylic oxidation sites excluding steroid dienone is 1. The first-order valence-corrected chi connectivity index (χ1v) is 6.38. The Morgan fingerprint density at radius 1 is 0.895 bits per heavy atom. The van der Waals surface area contributed by atoms with Crippen molar-refractivity contribution in [1.29, 1.82) is 0 Å². The maximum atomic E-state index is 10.5. The molecular weight excluding hydrogens is 236 g/mol. The van der Waals surface area contributed by atoms with E-state index < -0.39 is 0 Å². The quantitative estimate of drug-likeness (QED) is 0.626. The molecule has 0 aliphatic carbocycles. The van der Waals surface area contributed by atoms with Crippen LogP contribution in [0.15, 0.2) is 54.6 Å². The van der Waals surface area contributed by atoms with Gasteiger partial charge >= 0.3 is 0 Å². The van der Waals surface area contributed by atoms with E-state index in [-0.39, 0.29) is 17.4 Å². The van der Waals surface area contributed by atoms with Crippen LogP contribution < -0.4 is 0 Å². The van der Waals surface area contributed by atoms with Gasteiger partial charge in [0.15, 0.2) is 0 Å². The first kappa shape index (κ1) is 13.2. The van der Waals surface area contributed by atoms with Crippen molar-refractivity contribution in [2.45, 2.75) is 13.8 Å². The topological polar surface area (TPSA) is 40.5 Å². The third-order valence-corrected chi connectivity index (χ3v) is 3.07. The van der Waals surface area contributed by atoms with Crippen molar-refractivity contribution < 1.29 is 10.2 Å². The van der Waals surface area contributed by atoms with Gasteiger partial charge in [-0.15, -0.1) is 0 Å². The standard InChI is InChI=1S/C17H18O2/c1-12(2)16(14-10-6-7-11-15(14)18)17(19)13-8-4-3-5-9-13/h3-12,18-19H,1-2H3/b17-16-. The van der Waals surface area contributed by atoms with Gasteiger partial charge in [-0.25, -0.2) is 0 Å². The molecule has 2 aromatic carbocycles. The number of aromatic hydroxyl groups is 1. The molecule has 0 aliphatic heterocycles. The van der Waals surface area contributed by atoms with Crippen LogP contribution in [0.25, 0.3) is 11.3 Å². The van der Waals surface area contributed by atoms with Gasteiger partial charge in [0.25, 0.3) is 0 Å². The summed E-state index contributed by atoms with van der Waals surface area (Å²) in [4.78, 5) is 0. The van der Waals surface area contributed by atoms with Crippen molar-refractivity contribution in [3.63, 3.8) is 0 Å². The number of para-hydroxylation sites is 1. The predicted octanol–water partition coefficient (Wildman–Crippen LogP) is 4.47. The molecule has 0 atom stereocenters. The molecule has 0 spiro atoms. The molecule has 2 heteroatoms. The highest BCUT2D eigenvalue weighted by atomic mass is 16.3. The molecule has 0 fully saturated rings. The summed E-state index contributed by atoms with van der Waals surface area (Å²) in [6.07, 6.45) is 0. The van der Waals surface area contributed by atoms with Crippen LogP contribution in [0.3, 0.4) is 0 Å². The summed E-state index contributed by atoms with van der Waals surface area (Å²) in [6, 6.07) is 16.5. The van der Waals surface area contributed by atoms with Crippen molar-refractivity contribution in [1.82, 2.24) is 0 Å². The van der Waals surface area contributed by atoms with E-state index >= 15 is 0 Å². The summed E-state index contributed by atoms with van der Waals surface area (Å²) in [5.41, 5.74) is 2.19. The van der Waals surface area contributed by atoms with E-state index in [0.29, 0.717) is 5.56 Å². The Labute approximate surface area is 113 Å². The molecule has 0 heterocycles. The van der Waals surface area contributed by atoms with Gasteiger partial charge in [0.2, 0.25) is 0 Å². The minimum atomic E-state index is 0.105. The fraction of sp³-hybridized carbons (Fsp3) is 0.176. The monoisotopic (exact) mass is 254 g/mol. The molecule has 0 unspecified atom stereocenters. The molecule has 2 nitrogen and oxygen atoms in total. The molecule has 0 saturated carbocycles. The Bertz CT molecular complexity index is 583. The summed E-state index contributed by atoms with van der Waals surface area (Å²) in [5.74, 6) is 0.513. The molecule has 19 heavy (non-hydrogen) atoms. The smallest absolute Gasteiger partial charge is 0.126 e. The molecule has 0 bridgehead atoms. The summed E-state index contributed by atoms with van der Waals surface area (Å²) in [6.45, 7) is 4.00. The molecule has 2 rings (SSSR count). The van der Waals surface area contributed by atoms with Gasteiger partial charge < -0.3 is 10.2 Å². The van der Waals surface area contributed by atoms with Crippen molar-refractivity contribution in [3.8, 4) is 5.75 Å². The average Bonchev–Trinajstić information content (AvgIpc) is 2.42. The summed E-state index contributed by atoms with van der Waals surface area (Å²) < 4.78 is 0. The fourth-order valence-corrected chi connectivity index (χ4v) is 2.16. The SMILES string of the molecule is CC(C)/C(=C(/O)c1ccccc1)c1ccccc1O. The maximum absolute atomic E-state index is 10.5. The Morgan fingerprint density at radius 2 is 1.47 bits per heavy atom. The molecule has 0 aliphatic rings. The number of phenols is 1. The van der Waals surface area contributed by atoms with Gasteiger partial charge in [-0.3, -0.25) is 0 Å². The number of benzene rings is 2. The third-order valence-electron chi connectivity index (χ3n) is 3.07. The van der Waals surface area contributed by atoms with Crippen molar-refractivity contribution in [2.75, 3.05) is 0 Å². The Balaban J connectivity index is 2.62. The molecule has 98 valence electrons. The molecular formula is C17H18O2. The van der Waals surface area contributed by atoms with Gasteiger partial charge in [-0.2, -0.15) is 0 Å². The summed E-state index contributed by atoms with van der Waals surface area (Å²) >= 11 is 0. The predicted molar refractivity (Wildman–Crippen MR) is 78.8 cm³/mol. The van der Waals surface area contributed by atoms with Crippen molar-refractivity contribution >= 4 is 11.3 Å². The van der Waals surface area contributed by atoms with Gasteiger partial charge in [0, 0.05) is 16.7 Å².